The Kier molecular flexibility index (Phi) is 5.81. The summed E-state index contributed by atoms with van der Waals surface area (Å²) in [6.07, 6.45) is 0. The smallest absolute Gasteiger partial charge is 0.319 e. The molecule has 2 N–H and O–H groups in total. The molecule has 98 valence electrons. The van der Waals surface area contributed by atoms with Crippen LogP contribution in [0.4, 0.5) is 0 Å². The lowest BCUT2D eigenvalue weighted by atomic mass is 9.88. The minimum Gasteiger partial charge on any atom is -0.465 e. The first kappa shape index (κ1) is 15.6. The van der Waals surface area contributed by atoms with Gasteiger partial charge in [-0.3, -0.25) is 19.3 Å². The van der Waals surface area contributed by atoms with Crippen LogP contribution in [0.3, 0.4) is 0 Å². The van der Waals surface area contributed by atoms with Crippen LogP contribution in [-0.2, 0) is 19.1 Å². The molecule has 6 nitrogen and oxygen atoms in total. The molecular weight excluding hydrogens is 224 g/mol. The van der Waals surface area contributed by atoms with Crippen molar-refractivity contribution in [3.05, 3.63) is 0 Å². The predicted octanol–water partition coefficient (Wildman–Crippen LogP) is -0.438. The van der Waals surface area contributed by atoms with E-state index in [9.17, 15) is 14.4 Å². The van der Waals surface area contributed by atoms with E-state index in [1.807, 2.05) is 0 Å². The fourth-order valence-corrected chi connectivity index (χ4v) is 1.19. The molecule has 0 unspecified atom stereocenters. The van der Waals surface area contributed by atoms with Crippen molar-refractivity contribution in [2.24, 2.45) is 11.1 Å². The molecule has 0 spiro atoms. The summed E-state index contributed by atoms with van der Waals surface area (Å²) in [4.78, 5) is 35.6. The lowest BCUT2D eigenvalue weighted by Crippen LogP contribution is -2.43. The quantitative estimate of drug-likeness (QED) is 0.484. The van der Waals surface area contributed by atoms with Crippen LogP contribution >= 0.6 is 0 Å². The molecule has 0 radical (unpaired) electrons. The van der Waals surface area contributed by atoms with Crippen LogP contribution in [0.2, 0.25) is 0 Å². The van der Waals surface area contributed by atoms with E-state index in [0.29, 0.717) is 0 Å². The average molecular weight is 244 g/mol. The summed E-state index contributed by atoms with van der Waals surface area (Å²) < 4.78 is 4.82. The number of carbonyl (C=O) groups excluding carboxylic acids is 3. The van der Waals surface area contributed by atoms with Gasteiger partial charge in [-0.25, -0.2) is 0 Å². The highest BCUT2D eigenvalue weighted by molar-refractivity contribution is 6.04. The van der Waals surface area contributed by atoms with Gasteiger partial charge >= 0.3 is 5.97 Å². The van der Waals surface area contributed by atoms with E-state index >= 15 is 0 Å². The molecule has 0 aromatic carbocycles. The van der Waals surface area contributed by atoms with Crippen LogP contribution in [-0.4, -0.2) is 49.3 Å². The number of rotatable bonds is 7. The lowest BCUT2D eigenvalue weighted by molar-refractivity contribution is -0.158. The van der Waals surface area contributed by atoms with Gasteiger partial charge in [0, 0.05) is 0 Å². The molecule has 17 heavy (non-hydrogen) atoms. The number of Topliss-reactive ketones (excluding diaryl/α,β-unsaturated/α-hetero) is 1. The van der Waals surface area contributed by atoms with E-state index in [0.717, 1.165) is 0 Å². The van der Waals surface area contributed by atoms with E-state index in [1.165, 1.54) is 18.7 Å². The zero-order chi connectivity index (χ0) is 13.6. The molecule has 0 aliphatic rings. The molecule has 0 bridgehead atoms. The maximum absolute atomic E-state index is 11.9. The van der Waals surface area contributed by atoms with E-state index in [4.69, 9.17) is 10.5 Å². The largest absolute Gasteiger partial charge is 0.465 e. The van der Waals surface area contributed by atoms with Crippen LogP contribution < -0.4 is 5.73 Å². The van der Waals surface area contributed by atoms with Crippen molar-refractivity contribution >= 4 is 17.7 Å². The fourth-order valence-electron chi connectivity index (χ4n) is 1.19. The van der Waals surface area contributed by atoms with Crippen molar-refractivity contribution in [3.8, 4) is 0 Å². The molecule has 1 amide bonds. The standard InChI is InChI=1S/C11H20N2O4/c1-5-17-10(16)11(2,3)8(14)6-13(4)7-9(12)15/h5-7H2,1-4H3,(H2,12,15). The van der Waals surface area contributed by atoms with Crippen molar-refractivity contribution in [2.75, 3.05) is 26.7 Å². The van der Waals surface area contributed by atoms with E-state index in [-0.39, 0.29) is 25.5 Å². The summed E-state index contributed by atoms with van der Waals surface area (Å²) in [5, 5.41) is 0. The highest BCUT2D eigenvalue weighted by atomic mass is 16.5. The Morgan fingerprint density at radius 3 is 2.18 bits per heavy atom. The Labute approximate surface area is 101 Å². The monoisotopic (exact) mass is 244 g/mol. The number of amides is 1. The van der Waals surface area contributed by atoms with Crippen molar-refractivity contribution in [2.45, 2.75) is 20.8 Å². The van der Waals surface area contributed by atoms with E-state index < -0.39 is 17.3 Å². The second-order valence-corrected chi connectivity index (χ2v) is 4.41. The van der Waals surface area contributed by atoms with Crippen LogP contribution in [0, 0.1) is 5.41 Å². The maximum atomic E-state index is 11.9. The molecule has 0 aromatic heterocycles. The molecule has 0 atom stereocenters. The molecule has 0 aliphatic heterocycles. The van der Waals surface area contributed by atoms with Gasteiger partial charge in [-0.05, 0) is 27.8 Å². The maximum Gasteiger partial charge on any atom is 0.319 e. The summed E-state index contributed by atoms with van der Waals surface area (Å²) >= 11 is 0. The van der Waals surface area contributed by atoms with Crippen LogP contribution in [0.15, 0.2) is 0 Å². The summed E-state index contributed by atoms with van der Waals surface area (Å²) in [6, 6.07) is 0. The first-order chi connectivity index (χ1) is 7.71. The molecule has 0 saturated carbocycles. The van der Waals surface area contributed by atoms with E-state index in [1.54, 1.807) is 14.0 Å². The van der Waals surface area contributed by atoms with Gasteiger partial charge in [-0.2, -0.15) is 0 Å². The van der Waals surface area contributed by atoms with Crippen LogP contribution in [0.1, 0.15) is 20.8 Å². The molecule has 0 heterocycles. The number of nitrogens with two attached hydrogens (primary N) is 1. The molecular formula is C11H20N2O4. The Bertz CT molecular complexity index is 313. The Morgan fingerprint density at radius 2 is 1.76 bits per heavy atom. The third kappa shape index (κ3) is 4.95. The summed E-state index contributed by atoms with van der Waals surface area (Å²) in [6.45, 7) is 4.88. The molecule has 6 heteroatoms. The Morgan fingerprint density at radius 1 is 1.24 bits per heavy atom. The number of carbonyl (C=O) groups is 3. The Balaban J connectivity index is 4.48. The van der Waals surface area contributed by atoms with E-state index in [2.05, 4.69) is 0 Å². The van der Waals surface area contributed by atoms with Crippen molar-refractivity contribution in [1.82, 2.24) is 4.90 Å². The molecule has 0 rings (SSSR count). The predicted molar refractivity (Wildman–Crippen MR) is 62.1 cm³/mol. The van der Waals surface area contributed by atoms with Gasteiger partial charge < -0.3 is 10.5 Å². The number of ether oxygens (including phenoxy) is 1. The Hall–Kier alpha value is -1.43. The number of nitrogens with zero attached hydrogens (tertiary/aromatic N) is 1. The van der Waals surface area contributed by atoms with Gasteiger partial charge in [0.1, 0.15) is 5.41 Å². The number of esters is 1. The topological polar surface area (TPSA) is 89.7 Å². The highest BCUT2D eigenvalue weighted by Gasteiger charge is 2.37. The van der Waals surface area contributed by atoms with Gasteiger partial charge in [0.2, 0.25) is 5.91 Å². The van der Waals surface area contributed by atoms with Crippen LogP contribution in [0.5, 0.6) is 0 Å². The van der Waals surface area contributed by atoms with Crippen molar-refractivity contribution in [3.63, 3.8) is 0 Å². The second-order valence-electron chi connectivity index (χ2n) is 4.41. The minimum absolute atomic E-state index is 0.0191. The van der Waals surface area contributed by atoms with Crippen molar-refractivity contribution in [1.29, 1.82) is 0 Å². The van der Waals surface area contributed by atoms with Gasteiger partial charge in [0.15, 0.2) is 5.78 Å². The number of hydrogen-bond donors (Lipinski definition) is 1. The molecule has 0 aromatic rings. The van der Waals surface area contributed by atoms with Gasteiger partial charge in [-0.15, -0.1) is 0 Å². The van der Waals surface area contributed by atoms with Crippen LogP contribution in [0.25, 0.3) is 0 Å². The third-order valence-corrected chi connectivity index (χ3v) is 2.32. The highest BCUT2D eigenvalue weighted by Crippen LogP contribution is 2.19. The zero-order valence-corrected chi connectivity index (χ0v) is 10.8. The molecule has 0 fully saturated rings. The second kappa shape index (κ2) is 6.34. The van der Waals surface area contributed by atoms with Gasteiger partial charge in [-0.1, -0.05) is 0 Å². The summed E-state index contributed by atoms with van der Waals surface area (Å²) in [5.74, 6) is -1.38. The normalized spacial score (nSPS) is 11.4. The SMILES string of the molecule is CCOC(=O)C(C)(C)C(=O)CN(C)CC(N)=O. The summed E-state index contributed by atoms with van der Waals surface area (Å²) in [7, 11) is 1.59. The molecule has 0 saturated heterocycles. The number of primary amides is 1. The number of likely N-dealkylation sites (N-methyl/N-ethyl adjacent to an activating group) is 1. The van der Waals surface area contributed by atoms with Crippen molar-refractivity contribution < 1.29 is 19.1 Å². The third-order valence-electron chi connectivity index (χ3n) is 2.32. The lowest BCUT2D eigenvalue weighted by Gasteiger charge is -2.23. The minimum atomic E-state index is -1.21. The fraction of sp³-hybridized carbons (Fsp3) is 0.727. The number of hydrogen-bond acceptors (Lipinski definition) is 5. The van der Waals surface area contributed by atoms with Gasteiger partial charge in [0.05, 0.1) is 19.7 Å². The molecule has 0 aliphatic carbocycles. The first-order valence-corrected chi connectivity index (χ1v) is 5.39. The number of ketones is 1. The summed E-state index contributed by atoms with van der Waals surface area (Å²) in [5.41, 5.74) is 3.80. The average Bonchev–Trinajstić information content (AvgIpc) is 2.16. The first-order valence-electron chi connectivity index (χ1n) is 5.39. The zero-order valence-electron chi connectivity index (χ0n) is 10.8. The van der Waals surface area contributed by atoms with Gasteiger partial charge in [0.25, 0.3) is 0 Å².